The van der Waals surface area contributed by atoms with Crippen molar-refractivity contribution in [2.75, 3.05) is 23.3 Å². The van der Waals surface area contributed by atoms with Gasteiger partial charge in [0.15, 0.2) is 0 Å². The summed E-state index contributed by atoms with van der Waals surface area (Å²) in [5.41, 5.74) is 3.56. The van der Waals surface area contributed by atoms with Gasteiger partial charge in [-0.25, -0.2) is 0 Å². The monoisotopic (exact) mass is 350 g/mol. The molecule has 3 aromatic rings. The number of carbonyl (C=O) groups excluding carboxylic acids is 1. The molecule has 0 aliphatic carbocycles. The van der Waals surface area contributed by atoms with Crippen LogP contribution < -0.4 is 10.2 Å². The van der Waals surface area contributed by atoms with E-state index < -0.39 is 0 Å². The van der Waals surface area contributed by atoms with Crippen LogP contribution in [0.1, 0.15) is 31.9 Å². The Kier molecular flexibility index (Phi) is 4.28. The van der Waals surface area contributed by atoms with E-state index in [1.165, 1.54) is 0 Å². The minimum absolute atomic E-state index is 0.174. The molecule has 1 unspecified atom stereocenters. The number of nitrogens with zero attached hydrogens (tertiary/aromatic N) is 5. The van der Waals surface area contributed by atoms with Crippen LogP contribution in [0.2, 0.25) is 0 Å². The molecule has 1 saturated heterocycles. The van der Waals surface area contributed by atoms with Gasteiger partial charge in [0.25, 0.3) is 0 Å². The summed E-state index contributed by atoms with van der Waals surface area (Å²) in [6.07, 6.45) is 2.16. The third kappa shape index (κ3) is 3.12. The standard InChI is InChI=1S/C19H22N6O/c1-13(2)16-9-17(19-22-21-12-25(19)23-16)20-10-14-8-18(26)24(11-14)15-6-4-3-5-7-15/h3-7,9,12-14,20H,8,10-11H2,1-2H3. The van der Waals surface area contributed by atoms with E-state index in [4.69, 9.17) is 0 Å². The van der Waals surface area contributed by atoms with Crippen LogP contribution in [0.15, 0.2) is 42.7 Å². The zero-order valence-corrected chi connectivity index (χ0v) is 15.0. The van der Waals surface area contributed by atoms with Crippen LogP contribution in [-0.4, -0.2) is 38.8 Å². The van der Waals surface area contributed by atoms with E-state index in [-0.39, 0.29) is 11.8 Å². The maximum absolute atomic E-state index is 12.4. The van der Waals surface area contributed by atoms with Crippen molar-refractivity contribution >= 4 is 22.9 Å². The lowest BCUT2D eigenvalue weighted by Crippen LogP contribution is -2.25. The molecule has 1 amide bonds. The van der Waals surface area contributed by atoms with Crippen LogP contribution in [0.5, 0.6) is 0 Å². The molecule has 0 bridgehead atoms. The van der Waals surface area contributed by atoms with Crippen molar-refractivity contribution in [3.8, 4) is 0 Å². The van der Waals surface area contributed by atoms with Gasteiger partial charge >= 0.3 is 0 Å². The normalized spacial score (nSPS) is 17.4. The van der Waals surface area contributed by atoms with E-state index in [9.17, 15) is 4.79 Å². The lowest BCUT2D eigenvalue weighted by Gasteiger charge is -2.17. The minimum atomic E-state index is 0.174. The number of amides is 1. The average Bonchev–Trinajstić information content (AvgIpc) is 3.26. The van der Waals surface area contributed by atoms with Crippen LogP contribution in [0.3, 0.4) is 0 Å². The number of nitrogens with one attached hydrogen (secondary N) is 1. The molecule has 4 rings (SSSR count). The van der Waals surface area contributed by atoms with E-state index in [2.05, 4.69) is 34.5 Å². The van der Waals surface area contributed by atoms with Gasteiger partial charge in [-0.3, -0.25) is 4.79 Å². The van der Waals surface area contributed by atoms with Crippen LogP contribution >= 0.6 is 0 Å². The third-order valence-corrected chi connectivity index (χ3v) is 4.73. The molecule has 2 aromatic heterocycles. The summed E-state index contributed by atoms with van der Waals surface area (Å²) < 4.78 is 1.70. The Morgan fingerprint density at radius 1 is 1.27 bits per heavy atom. The Morgan fingerprint density at radius 3 is 2.85 bits per heavy atom. The molecule has 0 spiro atoms. The van der Waals surface area contributed by atoms with Crippen LogP contribution in [0.25, 0.3) is 5.65 Å². The summed E-state index contributed by atoms with van der Waals surface area (Å²) in [5, 5.41) is 16.1. The van der Waals surface area contributed by atoms with Gasteiger partial charge in [-0.05, 0) is 24.1 Å². The SMILES string of the molecule is CC(C)c1cc(NCC2CC(=O)N(c3ccccc3)C2)c2nncn2n1. The van der Waals surface area contributed by atoms with Gasteiger partial charge in [0.1, 0.15) is 6.33 Å². The second-order valence-corrected chi connectivity index (χ2v) is 7.03. The Hall–Kier alpha value is -2.96. The van der Waals surface area contributed by atoms with Gasteiger partial charge in [-0.1, -0.05) is 32.0 Å². The van der Waals surface area contributed by atoms with E-state index in [0.717, 1.165) is 23.6 Å². The first-order chi connectivity index (χ1) is 12.6. The number of rotatable bonds is 5. The molecule has 7 nitrogen and oxygen atoms in total. The lowest BCUT2D eigenvalue weighted by atomic mass is 10.1. The maximum atomic E-state index is 12.4. The van der Waals surface area contributed by atoms with E-state index in [0.29, 0.717) is 24.5 Å². The van der Waals surface area contributed by atoms with E-state index >= 15 is 0 Å². The molecule has 3 heterocycles. The number of hydrogen-bond acceptors (Lipinski definition) is 5. The summed E-state index contributed by atoms with van der Waals surface area (Å²) >= 11 is 0. The molecule has 7 heteroatoms. The molecule has 26 heavy (non-hydrogen) atoms. The molecule has 1 aromatic carbocycles. The van der Waals surface area contributed by atoms with Crippen molar-refractivity contribution in [1.82, 2.24) is 19.8 Å². The lowest BCUT2D eigenvalue weighted by molar-refractivity contribution is -0.117. The van der Waals surface area contributed by atoms with Gasteiger partial charge in [0.05, 0.1) is 11.4 Å². The van der Waals surface area contributed by atoms with E-state index in [1.54, 1.807) is 10.8 Å². The first kappa shape index (κ1) is 16.5. The van der Waals surface area contributed by atoms with Crippen LogP contribution in [0.4, 0.5) is 11.4 Å². The smallest absolute Gasteiger partial charge is 0.227 e. The molecule has 134 valence electrons. The first-order valence-corrected chi connectivity index (χ1v) is 8.92. The summed E-state index contributed by atoms with van der Waals surface area (Å²) in [7, 11) is 0. The Morgan fingerprint density at radius 2 is 2.08 bits per heavy atom. The summed E-state index contributed by atoms with van der Waals surface area (Å²) in [5.74, 6) is 0.735. The second-order valence-electron chi connectivity index (χ2n) is 7.03. The third-order valence-electron chi connectivity index (χ3n) is 4.73. The van der Waals surface area contributed by atoms with Gasteiger partial charge in [-0.15, -0.1) is 10.2 Å². The summed E-state index contributed by atoms with van der Waals surface area (Å²) in [4.78, 5) is 14.2. The molecule has 1 atom stereocenters. The Bertz CT molecular complexity index is 920. The van der Waals surface area contributed by atoms with Crippen molar-refractivity contribution in [3.05, 3.63) is 48.4 Å². The van der Waals surface area contributed by atoms with Gasteiger partial charge in [-0.2, -0.15) is 9.61 Å². The summed E-state index contributed by atoms with van der Waals surface area (Å²) in [6.45, 7) is 5.64. The molecule has 1 aliphatic rings. The highest BCUT2D eigenvalue weighted by Gasteiger charge is 2.30. The number of anilines is 2. The number of carbonyl (C=O) groups is 1. The second kappa shape index (κ2) is 6.74. The number of hydrogen-bond donors (Lipinski definition) is 1. The molecular formula is C19H22N6O. The minimum Gasteiger partial charge on any atom is -0.382 e. The van der Waals surface area contributed by atoms with Crippen LogP contribution in [-0.2, 0) is 4.79 Å². The fourth-order valence-corrected chi connectivity index (χ4v) is 3.29. The van der Waals surface area contributed by atoms with Crippen molar-refractivity contribution in [1.29, 1.82) is 0 Å². The predicted molar refractivity (Wildman–Crippen MR) is 100 cm³/mol. The van der Waals surface area contributed by atoms with Crippen molar-refractivity contribution in [2.24, 2.45) is 5.92 Å². The fourth-order valence-electron chi connectivity index (χ4n) is 3.29. The highest BCUT2D eigenvalue weighted by molar-refractivity contribution is 5.95. The number of para-hydroxylation sites is 1. The average molecular weight is 350 g/mol. The van der Waals surface area contributed by atoms with Crippen molar-refractivity contribution in [2.45, 2.75) is 26.2 Å². The summed E-state index contributed by atoms with van der Waals surface area (Å²) in [6, 6.07) is 11.9. The van der Waals surface area contributed by atoms with E-state index in [1.807, 2.05) is 41.3 Å². The van der Waals surface area contributed by atoms with Crippen molar-refractivity contribution < 1.29 is 4.79 Å². The molecular weight excluding hydrogens is 328 g/mol. The molecule has 0 radical (unpaired) electrons. The fraction of sp³-hybridized carbons (Fsp3) is 0.368. The highest BCUT2D eigenvalue weighted by atomic mass is 16.2. The topological polar surface area (TPSA) is 75.4 Å². The molecule has 1 N–H and O–H groups in total. The molecule has 1 fully saturated rings. The largest absolute Gasteiger partial charge is 0.382 e. The quantitative estimate of drug-likeness (QED) is 0.766. The Labute approximate surface area is 152 Å². The Balaban J connectivity index is 1.49. The number of fused-ring (bicyclic) bond motifs is 1. The van der Waals surface area contributed by atoms with Gasteiger partial charge in [0.2, 0.25) is 11.6 Å². The number of benzene rings is 1. The maximum Gasteiger partial charge on any atom is 0.227 e. The van der Waals surface area contributed by atoms with Crippen molar-refractivity contribution in [3.63, 3.8) is 0 Å². The highest BCUT2D eigenvalue weighted by Crippen LogP contribution is 2.26. The van der Waals surface area contributed by atoms with Gasteiger partial charge in [0, 0.05) is 31.1 Å². The zero-order chi connectivity index (χ0) is 18.1. The molecule has 0 saturated carbocycles. The zero-order valence-electron chi connectivity index (χ0n) is 15.0. The predicted octanol–water partition coefficient (Wildman–Crippen LogP) is 2.71. The number of aromatic nitrogens is 4. The first-order valence-electron chi connectivity index (χ1n) is 8.92. The molecule has 1 aliphatic heterocycles. The van der Waals surface area contributed by atoms with Crippen LogP contribution in [0, 0.1) is 5.92 Å². The van der Waals surface area contributed by atoms with Gasteiger partial charge < -0.3 is 10.2 Å².